The lowest BCUT2D eigenvalue weighted by Gasteiger charge is -2.35. The van der Waals surface area contributed by atoms with E-state index >= 15 is 0 Å². The normalized spacial score (nSPS) is 23.6. The molecule has 0 atom stereocenters. The van der Waals surface area contributed by atoms with Crippen LogP contribution in [0.25, 0.3) is 0 Å². The van der Waals surface area contributed by atoms with Crippen LogP contribution in [0.1, 0.15) is 38.5 Å². The number of piperidine rings is 1. The number of nitrogens with zero attached hydrogens (tertiary/aromatic N) is 2. The predicted molar refractivity (Wildman–Crippen MR) is 96.4 cm³/mol. The number of carbonyl (C=O) groups is 2. The lowest BCUT2D eigenvalue weighted by molar-refractivity contribution is -0.384. The Morgan fingerprint density at radius 2 is 1.56 bits per heavy atom. The number of aliphatic carboxylic acids is 1. The molecule has 0 radical (unpaired) electrons. The molecule has 1 aromatic carbocycles. The maximum absolute atomic E-state index is 12.7. The van der Waals surface area contributed by atoms with Gasteiger partial charge in [0.1, 0.15) is 11.9 Å². The largest absolute Gasteiger partial charge is 0.490 e. The summed E-state index contributed by atoms with van der Waals surface area (Å²) in [6.45, 7) is 1.24. The van der Waals surface area contributed by atoms with Crippen molar-refractivity contribution in [1.29, 1.82) is 0 Å². The first-order valence-electron chi connectivity index (χ1n) is 9.36. The van der Waals surface area contributed by atoms with Gasteiger partial charge in [0.05, 0.1) is 10.8 Å². The number of rotatable bonds is 5. The first kappa shape index (κ1) is 19.1. The molecule has 2 aliphatic rings. The van der Waals surface area contributed by atoms with E-state index in [4.69, 9.17) is 9.84 Å². The Labute approximate surface area is 157 Å². The molecule has 0 spiro atoms. The monoisotopic (exact) mass is 376 g/mol. The first-order valence-corrected chi connectivity index (χ1v) is 9.36. The highest BCUT2D eigenvalue weighted by molar-refractivity contribution is 5.79. The van der Waals surface area contributed by atoms with E-state index < -0.39 is 10.9 Å². The zero-order valence-corrected chi connectivity index (χ0v) is 15.1. The van der Waals surface area contributed by atoms with Gasteiger partial charge in [0.2, 0.25) is 5.91 Å². The summed E-state index contributed by atoms with van der Waals surface area (Å²) in [6, 6.07) is 6.02. The molecular weight excluding hydrogens is 352 g/mol. The molecule has 1 aliphatic carbocycles. The lowest BCUT2D eigenvalue weighted by atomic mass is 9.81. The number of nitro benzene ring substituents is 1. The van der Waals surface area contributed by atoms with Crippen LogP contribution in [0, 0.1) is 22.0 Å². The Balaban J connectivity index is 1.45. The van der Waals surface area contributed by atoms with Crippen molar-refractivity contribution in [1.82, 2.24) is 4.90 Å². The third-order valence-corrected chi connectivity index (χ3v) is 5.53. The number of carboxylic acid groups (broad SMARTS) is 1. The second-order valence-electron chi connectivity index (χ2n) is 7.28. The third kappa shape index (κ3) is 4.75. The number of hydrogen-bond acceptors (Lipinski definition) is 5. The van der Waals surface area contributed by atoms with E-state index in [1.165, 1.54) is 12.1 Å². The maximum Gasteiger partial charge on any atom is 0.306 e. The molecule has 1 saturated carbocycles. The molecule has 0 aromatic heterocycles. The molecule has 27 heavy (non-hydrogen) atoms. The Kier molecular flexibility index (Phi) is 5.93. The summed E-state index contributed by atoms with van der Waals surface area (Å²) in [5, 5.41) is 19.7. The summed E-state index contributed by atoms with van der Waals surface area (Å²) in [5.41, 5.74) is 0.0281. The van der Waals surface area contributed by atoms with E-state index in [1.54, 1.807) is 12.1 Å². The van der Waals surface area contributed by atoms with Gasteiger partial charge in [-0.05, 0) is 37.8 Å². The van der Waals surface area contributed by atoms with Gasteiger partial charge in [0.25, 0.3) is 5.69 Å². The molecule has 8 nitrogen and oxygen atoms in total. The third-order valence-electron chi connectivity index (χ3n) is 5.53. The number of carboxylic acids is 1. The highest BCUT2D eigenvalue weighted by atomic mass is 16.6. The average molecular weight is 376 g/mol. The minimum Gasteiger partial charge on any atom is -0.490 e. The average Bonchev–Trinajstić information content (AvgIpc) is 2.68. The van der Waals surface area contributed by atoms with Crippen LogP contribution >= 0.6 is 0 Å². The molecule has 0 bridgehead atoms. The van der Waals surface area contributed by atoms with Crippen LogP contribution in [0.15, 0.2) is 24.3 Å². The zero-order valence-electron chi connectivity index (χ0n) is 15.1. The minimum atomic E-state index is -0.759. The van der Waals surface area contributed by atoms with E-state index in [2.05, 4.69) is 0 Å². The highest BCUT2D eigenvalue weighted by Crippen LogP contribution is 2.31. The van der Waals surface area contributed by atoms with E-state index in [1.807, 2.05) is 4.90 Å². The topological polar surface area (TPSA) is 110 Å². The molecule has 2 fully saturated rings. The second-order valence-corrected chi connectivity index (χ2v) is 7.28. The molecule has 1 aromatic rings. The summed E-state index contributed by atoms with van der Waals surface area (Å²) >= 11 is 0. The van der Waals surface area contributed by atoms with Crippen molar-refractivity contribution >= 4 is 17.6 Å². The van der Waals surface area contributed by atoms with Crippen LogP contribution in [0.2, 0.25) is 0 Å². The number of carbonyl (C=O) groups excluding carboxylic acids is 1. The predicted octanol–water partition coefficient (Wildman–Crippen LogP) is 2.86. The van der Waals surface area contributed by atoms with Crippen molar-refractivity contribution in [2.75, 3.05) is 13.1 Å². The fourth-order valence-corrected chi connectivity index (χ4v) is 3.88. The molecular formula is C19H24N2O6. The van der Waals surface area contributed by atoms with Crippen molar-refractivity contribution < 1.29 is 24.4 Å². The van der Waals surface area contributed by atoms with Gasteiger partial charge in [-0.2, -0.15) is 0 Å². The van der Waals surface area contributed by atoms with E-state index in [0.717, 1.165) is 0 Å². The molecule has 1 heterocycles. The van der Waals surface area contributed by atoms with Gasteiger partial charge in [-0.3, -0.25) is 19.7 Å². The Bertz CT molecular complexity index is 689. The number of amides is 1. The van der Waals surface area contributed by atoms with Gasteiger partial charge in [-0.15, -0.1) is 0 Å². The minimum absolute atomic E-state index is 0.0155. The summed E-state index contributed by atoms with van der Waals surface area (Å²) in [4.78, 5) is 35.8. The first-order chi connectivity index (χ1) is 12.9. The maximum atomic E-state index is 12.7. The molecule has 0 unspecified atom stereocenters. The molecule has 1 N–H and O–H groups in total. The highest BCUT2D eigenvalue weighted by Gasteiger charge is 2.33. The van der Waals surface area contributed by atoms with Crippen molar-refractivity contribution in [3.05, 3.63) is 34.4 Å². The van der Waals surface area contributed by atoms with Crippen LogP contribution in [0.4, 0.5) is 5.69 Å². The SMILES string of the molecule is O=C(O)C1CCC(C(=O)N2CCC(Oc3ccc([N+](=O)[O-])cc3)CC2)CC1. The van der Waals surface area contributed by atoms with E-state index in [9.17, 15) is 19.7 Å². The van der Waals surface area contributed by atoms with E-state index in [-0.39, 0.29) is 29.5 Å². The van der Waals surface area contributed by atoms with Crippen molar-refractivity contribution in [3.8, 4) is 5.75 Å². The molecule has 146 valence electrons. The van der Waals surface area contributed by atoms with Crippen LogP contribution in [-0.2, 0) is 9.59 Å². The van der Waals surface area contributed by atoms with Gasteiger partial charge >= 0.3 is 5.97 Å². The van der Waals surface area contributed by atoms with Crippen LogP contribution in [0.3, 0.4) is 0 Å². The smallest absolute Gasteiger partial charge is 0.306 e. The molecule has 1 saturated heterocycles. The standard InChI is InChI=1S/C19H24N2O6/c22-18(13-1-3-14(4-2-13)19(23)24)20-11-9-17(10-12-20)27-16-7-5-15(6-8-16)21(25)26/h5-8,13-14,17H,1-4,9-12H2,(H,23,24). The number of likely N-dealkylation sites (tertiary alicyclic amines) is 1. The van der Waals surface area contributed by atoms with Crippen molar-refractivity contribution in [3.63, 3.8) is 0 Å². The van der Waals surface area contributed by atoms with Gasteiger partial charge < -0.3 is 14.7 Å². The van der Waals surface area contributed by atoms with Gasteiger partial charge in [-0.25, -0.2) is 0 Å². The van der Waals surface area contributed by atoms with Crippen molar-refractivity contribution in [2.24, 2.45) is 11.8 Å². The number of ether oxygens (including phenoxy) is 1. The quantitative estimate of drug-likeness (QED) is 0.625. The Morgan fingerprint density at radius 1 is 1.00 bits per heavy atom. The van der Waals surface area contributed by atoms with E-state index in [0.29, 0.717) is 57.4 Å². The Morgan fingerprint density at radius 3 is 2.07 bits per heavy atom. The fraction of sp³-hybridized carbons (Fsp3) is 0.579. The number of benzene rings is 1. The summed E-state index contributed by atoms with van der Waals surface area (Å²) in [6.07, 6.45) is 3.86. The molecule has 1 amide bonds. The summed E-state index contributed by atoms with van der Waals surface area (Å²) in [5.74, 6) is -0.405. The Hall–Kier alpha value is -2.64. The molecule has 3 rings (SSSR count). The lowest BCUT2D eigenvalue weighted by Crippen LogP contribution is -2.45. The fourth-order valence-electron chi connectivity index (χ4n) is 3.88. The van der Waals surface area contributed by atoms with Crippen molar-refractivity contribution in [2.45, 2.75) is 44.6 Å². The van der Waals surface area contributed by atoms with Crippen LogP contribution in [0.5, 0.6) is 5.75 Å². The second kappa shape index (κ2) is 8.37. The van der Waals surface area contributed by atoms with Crippen LogP contribution in [-0.4, -0.2) is 46.0 Å². The molecule has 8 heteroatoms. The number of hydrogen-bond donors (Lipinski definition) is 1. The van der Waals surface area contributed by atoms with Gasteiger partial charge in [0.15, 0.2) is 0 Å². The molecule has 1 aliphatic heterocycles. The number of non-ortho nitro benzene ring substituents is 1. The zero-order chi connectivity index (χ0) is 19.4. The van der Waals surface area contributed by atoms with Gasteiger partial charge in [-0.1, -0.05) is 0 Å². The van der Waals surface area contributed by atoms with Crippen LogP contribution < -0.4 is 4.74 Å². The van der Waals surface area contributed by atoms with Gasteiger partial charge in [0, 0.05) is 44.0 Å². The summed E-state index contributed by atoms with van der Waals surface area (Å²) < 4.78 is 5.88. The number of nitro groups is 1. The summed E-state index contributed by atoms with van der Waals surface area (Å²) in [7, 11) is 0.